The molecule has 5 nitrogen and oxygen atoms in total. The third-order valence-corrected chi connectivity index (χ3v) is 4.70. The van der Waals surface area contributed by atoms with Crippen molar-refractivity contribution >= 4 is 25.5 Å². The van der Waals surface area contributed by atoms with E-state index in [9.17, 15) is 26.0 Å². The molecule has 0 spiro atoms. The number of sulfone groups is 2. The smallest absolute Gasteiger partial charge is 0.179 e. The zero-order chi connectivity index (χ0) is 15.0. The molecule has 0 saturated carbocycles. The summed E-state index contributed by atoms with van der Waals surface area (Å²) in [5.41, 5.74) is 0.123. The first-order chi connectivity index (χ1) is 8.43. The molecule has 0 saturated heterocycles. The number of carbonyl (C=O) groups excluding carboxylic acids is 1. The van der Waals surface area contributed by atoms with Crippen LogP contribution in [0.4, 0.5) is 4.39 Å². The number of ketones is 1. The Morgan fingerprint density at radius 2 is 1.63 bits per heavy atom. The van der Waals surface area contributed by atoms with Gasteiger partial charge in [-0.15, -0.1) is 0 Å². The minimum atomic E-state index is -4.03. The number of benzene rings is 1. The van der Waals surface area contributed by atoms with Gasteiger partial charge in [0.15, 0.2) is 19.7 Å². The van der Waals surface area contributed by atoms with Crippen LogP contribution in [0.5, 0.6) is 0 Å². The van der Waals surface area contributed by atoms with E-state index >= 15 is 0 Å². The van der Waals surface area contributed by atoms with E-state index < -0.39 is 35.3 Å². The van der Waals surface area contributed by atoms with Crippen molar-refractivity contribution in [2.75, 3.05) is 12.5 Å². The Balaban J connectivity index is 3.73. The van der Waals surface area contributed by atoms with Crippen molar-refractivity contribution in [3.05, 3.63) is 23.5 Å². The lowest BCUT2D eigenvalue weighted by molar-refractivity contribution is -0.116. The number of rotatable bonds is 4. The van der Waals surface area contributed by atoms with E-state index in [4.69, 9.17) is 0 Å². The second-order valence-corrected chi connectivity index (χ2v) is 8.26. The Hall–Kier alpha value is -1.28. The first-order valence-corrected chi connectivity index (χ1v) is 8.93. The Morgan fingerprint density at radius 3 is 2.00 bits per heavy atom. The molecule has 0 unspecified atom stereocenters. The van der Waals surface area contributed by atoms with Gasteiger partial charge in [0.2, 0.25) is 0 Å². The Morgan fingerprint density at radius 1 is 1.11 bits per heavy atom. The molecule has 0 atom stereocenters. The second kappa shape index (κ2) is 5.01. The number of carbonyl (C=O) groups is 1. The monoisotopic (exact) mass is 308 g/mol. The highest BCUT2D eigenvalue weighted by atomic mass is 32.2. The predicted octanol–water partition coefficient (Wildman–Crippen LogP) is 0.764. The van der Waals surface area contributed by atoms with Gasteiger partial charge >= 0.3 is 0 Å². The Kier molecular flexibility index (Phi) is 4.16. The zero-order valence-electron chi connectivity index (χ0n) is 10.6. The lowest BCUT2D eigenvalue weighted by atomic mass is 10.1. The van der Waals surface area contributed by atoms with E-state index in [1.165, 1.54) is 6.92 Å². The summed E-state index contributed by atoms with van der Waals surface area (Å²) >= 11 is 0. The van der Waals surface area contributed by atoms with E-state index in [0.717, 1.165) is 24.6 Å². The van der Waals surface area contributed by atoms with E-state index in [0.29, 0.717) is 0 Å². The van der Waals surface area contributed by atoms with Crippen molar-refractivity contribution in [1.29, 1.82) is 0 Å². The molecule has 19 heavy (non-hydrogen) atoms. The molecule has 1 rings (SSSR count). The van der Waals surface area contributed by atoms with Crippen LogP contribution in [0.15, 0.2) is 21.9 Å². The highest BCUT2D eigenvalue weighted by Crippen LogP contribution is 2.26. The number of halogens is 1. The van der Waals surface area contributed by atoms with Crippen LogP contribution >= 0.6 is 0 Å². The van der Waals surface area contributed by atoms with Gasteiger partial charge in [-0.3, -0.25) is 4.79 Å². The van der Waals surface area contributed by atoms with Crippen LogP contribution in [-0.4, -0.2) is 35.1 Å². The van der Waals surface area contributed by atoms with Crippen LogP contribution in [0, 0.1) is 5.82 Å². The maximum Gasteiger partial charge on any atom is 0.179 e. The van der Waals surface area contributed by atoms with Crippen LogP contribution in [0.2, 0.25) is 0 Å². The Labute approximate surface area is 111 Å². The zero-order valence-corrected chi connectivity index (χ0v) is 12.2. The molecule has 0 radical (unpaired) electrons. The van der Waals surface area contributed by atoms with Crippen molar-refractivity contribution in [3.8, 4) is 0 Å². The molecule has 0 bridgehead atoms. The highest BCUT2D eigenvalue weighted by molar-refractivity contribution is 7.93. The molecule has 1 aromatic rings. The van der Waals surface area contributed by atoms with Gasteiger partial charge in [0, 0.05) is 18.9 Å². The lowest BCUT2D eigenvalue weighted by Gasteiger charge is -2.10. The SMILES string of the molecule is CC(=O)Cc1cc(F)c(S(C)(=O)=O)c(S(C)(=O)=O)c1. The van der Waals surface area contributed by atoms with Gasteiger partial charge in [-0.25, -0.2) is 21.2 Å². The molecule has 0 aliphatic heterocycles. The molecular weight excluding hydrogens is 295 g/mol. The van der Waals surface area contributed by atoms with Crippen LogP contribution in [0.1, 0.15) is 12.5 Å². The van der Waals surface area contributed by atoms with Gasteiger partial charge in [0.1, 0.15) is 16.5 Å². The fourth-order valence-corrected chi connectivity index (χ4v) is 4.19. The van der Waals surface area contributed by atoms with Gasteiger partial charge in [-0.2, -0.15) is 0 Å². The van der Waals surface area contributed by atoms with Gasteiger partial charge < -0.3 is 0 Å². The summed E-state index contributed by atoms with van der Waals surface area (Å²) in [6.07, 6.45) is 1.35. The summed E-state index contributed by atoms with van der Waals surface area (Å²) in [7, 11) is -7.96. The molecule has 106 valence electrons. The maximum absolute atomic E-state index is 13.8. The molecule has 0 aromatic heterocycles. The van der Waals surface area contributed by atoms with Crippen molar-refractivity contribution in [2.45, 2.75) is 23.1 Å². The fourth-order valence-electron chi connectivity index (χ4n) is 1.65. The fraction of sp³-hybridized carbons (Fsp3) is 0.364. The Bertz CT molecular complexity index is 733. The third-order valence-electron chi connectivity index (χ3n) is 2.29. The van der Waals surface area contributed by atoms with Gasteiger partial charge in [-0.1, -0.05) is 0 Å². The van der Waals surface area contributed by atoms with E-state index in [2.05, 4.69) is 0 Å². The maximum atomic E-state index is 13.8. The summed E-state index contributed by atoms with van der Waals surface area (Å²) in [6.45, 7) is 1.27. The number of hydrogen-bond acceptors (Lipinski definition) is 5. The summed E-state index contributed by atoms with van der Waals surface area (Å²) < 4.78 is 59.9. The predicted molar refractivity (Wildman–Crippen MR) is 67.0 cm³/mol. The molecule has 1 aromatic carbocycles. The van der Waals surface area contributed by atoms with Gasteiger partial charge in [0.25, 0.3) is 0 Å². The highest BCUT2D eigenvalue weighted by Gasteiger charge is 2.26. The molecule has 0 heterocycles. The summed E-state index contributed by atoms with van der Waals surface area (Å²) in [5, 5.41) is 0. The average molecular weight is 308 g/mol. The molecule has 0 aliphatic rings. The van der Waals surface area contributed by atoms with Crippen molar-refractivity contribution in [3.63, 3.8) is 0 Å². The van der Waals surface area contributed by atoms with Crippen LogP contribution in [0.25, 0.3) is 0 Å². The molecule has 0 fully saturated rings. The molecule has 0 N–H and O–H groups in total. The first kappa shape index (κ1) is 15.8. The van der Waals surface area contributed by atoms with Crippen molar-refractivity contribution < 1.29 is 26.0 Å². The number of Topliss-reactive ketones (excluding diaryl/α,β-unsaturated/α-hetero) is 1. The van der Waals surface area contributed by atoms with Crippen LogP contribution < -0.4 is 0 Å². The first-order valence-electron chi connectivity index (χ1n) is 5.15. The quantitative estimate of drug-likeness (QED) is 0.820. The van der Waals surface area contributed by atoms with Crippen LogP contribution in [0.3, 0.4) is 0 Å². The lowest BCUT2D eigenvalue weighted by Crippen LogP contribution is -2.12. The van der Waals surface area contributed by atoms with E-state index in [1.54, 1.807) is 0 Å². The molecular formula is C11H13FO5S2. The standard InChI is InChI=1S/C11H13FO5S2/c1-7(13)4-8-5-9(12)11(19(3,16)17)10(6-8)18(2,14)15/h5-6H,4H2,1-3H3. The van der Waals surface area contributed by atoms with Crippen LogP contribution in [-0.2, 0) is 30.9 Å². The normalized spacial score (nSPS) is 12.4. The molecule has 0 aliphatic carbocycles. The van der Waals surface area contributed by atoms with Crippen molar-refractivity contribution in [1.82, 2.24) is 0 Å². The minimum absolute atomic E-state index is 0.123. The summed E-state index contributed by atoms with van der Waals surface area (Å²) in [5.74, 6) is -1.45. The summed E-state index contributed by atoms with van der Waals surface area (Å²) in [6, 6.07) is 1.89. The third kappa shape index (κ3) is 3.84. The summed E-state index contributed by atoms with van der Waals surface area (Å²) in [4.78, 5) is 9.50. The largest absolute Gasteiger partial charge is 0.300 e. The minimum Gasteiger partial charge on any atom is -0.300 e. The van der Waals surface area contributed by atoms with Crippen molar-refractivity contribution in [2.24, 2.45) is 0 Å². The molecule has 8 heteroatoms. The second-order valence-electron chi connectivity index (χ2n) is 4.33. The average Bonchev–Trinajstić information content (AvgIpc) is 2.11. The number of hydrogen-bond donors (Lipinski definition) is 0. The van der Waals surface area contributed by atoms with Gasteiger partial charge in [-0.05, 0) is 24.6 Å². The van der Waals surface area contributed by atoms with E-state index in [-0.39, 0.29) is 17.8 Å². The van der Waals surface area contributed by atoms with Gasteiger partial charge in [0.05, 0.1) is 4.90 Å². The van der Waals surface area contributed by atoms with E-state index in [1.807, 2.05) is 0 Å². The topological polar surface area (TPSA) is 85.3 Å². The molecule has 0 amide bonds.